The van der Waals surface area contributed by atoms with Crippen molar-refractivity contribution < 1.29 is 9.90 Å². The van der Waals surface area contributed by atoms with Crippen molar-refractivity contribution in [3.8, 4) is 0 Å². The average Bonchev–Trinajstić information content (AvgIpc) is 2.34. The fourth-order valence-electron chi connectivity index (χ4n) is 1.24. The number of hydrogen-bond acceptors (Lipinski definition) is 3. The summed E-state index contributed by atoms with van der Waals surface area (Å²) in [6.45, 7) is 2.58. The zero-order chi connectivity index (χ0) is 7.56. The van der Waals surface area contributed by atoms with Gasteiger partial charge >= 0.3 is 0 Å². The van der Waals surface area contributed by atoms with E-state index in [9.17, 15) is 9.90 Å². The first-order chi connectivity index (χ1) is 4.75. The van der Waals surface area contributed by atoms with E-state index in [-0.39, 0.29) is 11.8 Å². The maximum absolute atomic E-state index is 11.0. The second-order valence-electron chi connectivity index (χ2n) is 2.61. The third kappa shape index (κ3) is 1.36. The Morgan fingerprint density at radius 1 is 1.80 bits per heavy atom. The van der Waals surface area contributed by atoms with E-state index >= 15 is 0 Å². The van der Waals surface area contributed by atoms with Gasteiger partial charge in [0, 0.05) is 6.42 Å². The zero-order valence-corrected chi connectivity index (χ0v) is 6.13. The molecule has 0 radical (unpaired) electrons. The van der Waals surface area contributed by atoms with Crippen LogP contribution in [0.15, 0.2) is 0 Å². The van der Waals surface area contributed by atoms with Crippen molar-refractivity contribution in [3.63, 3.8) is 0 Å². The molecule has 2 N–H and O–H groups in total. The molecule has 0 spiro atoms. The molecule has 0 aliphatic carbocycles. The molecule has 0 aromatic rings. The molecule has 2 atom stereocenters. The van der Waals surface area contributed by atoms with Gasteiger partial charge in [-0.3, -0.25) is 4.79 Å². The van der Waals surface area contributed by atoms with Crippen LogP contribution in [-0.4, -0.2) is 29.6 Å². The topological polar surface area (TPSA) is 49.3 Å². The Morgan fingerprint density at radius 3 is 2.90 bits per heavy atom. The third-order valence-electron chi connectivity index (χ3n) is 1.88. The predicted octanol–water partition coefficient (Wildman–Crippen LogP) is -0.312. The van der Waals surface area contributed by atoms with E-state index in [0.29, 0.717) is 12.8 Å². The lowest BCUT2D eigenvalue weighted by atomic mass is 10.1. The van der Waals surface area contributed by atoms with E-state index < -0.39 is 6.10 Å². The summed E-state index contributed by atoms with van der Waals surface area (Å²) >= 11 is 0. The lowest BCUT2D eigenvalue weighted by molar-refractivity contribution is -0.122. The summed E-state index contributed by atoms with van der Waals surface area (Å²) < 4.78 is 0. The number of aliphatic hydroxyl groups excluding tert-OH is 1. The number of rotatable bonds is 2. The van der Waals surface area contributed by atoms with Crippen LogP contribution in [0, 0.1) is 0 Å². The Kier molecular flexibility index (Phi) is 2.40. The Hall–Kier alpha value is -0.410. The fourth-order valence-corrected chi connectivity index (χ4v) is 1.24. The van der Waals surface area contributed by atoms with E-state index in [1.165, 1.54) is 0 Å². The van der Waals surface area contributed by atoms with Gasteiger partial charge < -0.3 is 10.4 Å². The van der Waals surface area contributed by atoms with Gasteiger partial charge in [0.2, 0.25) is 0 Å². The maximum Gasteiger partial charge on any atom is 0.152 e. The normalized spacial score (nSPS) is 32.6. The van der Waals surface area contributed by atoms with E-state index in [0.717, 1.165) is 6.54 Å². The molecule has 1 saturated heterocycles. The summed E-state index contributed by atoms with van der Waals surface area (Å²) in [5.74, 6) is 0.116. The summed E-state index contributed by atoms with van der Waals surface area (Å²) in [5.41, 5.74) is 0. The Bertz CT molecular complexity index is 136. The number of carbonyl (C=O) groups is 1. The van der Waals surface area contributed by atoms with Crippen LogP contribution >= 0.6 is 0 Å². The highest BCUT2D eigenvalue weighted by Gasteiger charge is 2.29. The van der Waals surface area contributed by atoms with Crippen molar-refractivity contribution in [2.45, 2.75) is 31.9 Å². The first-order valence-corrected chi connectivity index (χ1v) is 3.70. The molecule has 3 nitrogen and oxygen atoms in total. The molecule has 0 amide bonds. The minimum Gasteiger partial charge on any atom is -0.391 e. The molecular formula is C7H13NO2. The molecule has 1 heterocycles. The first-order valence-electron chi connectivity index (χ1n) is 3.70. The molecular weight excluding hydrogens is 130 g/mol. The Labute approximate surface area is 60.4 Å². The van der Waals surface area contributed by atoms with Crippen LogP contribution < -0.4 is 5.32 Å². The summed E-state index contributed by atoms with van der Waals surface area (Å²) in [4.78, 5) is 11.0. The van der Waals surface area contributed by atoms with E-state index in [2.05, 4.69) is 5.32 Å². The van der Waals surface area contributed by atoms with E-state index in [1.54, 1.807) is 0 Å². The summed E-state index contributed by atoms with van der Waals surface area (Å²) in [5, 5.41) is 12.2. The lowest BCUT2D eigenvalue weighted by Crippen LogP contribution is -2.37. The SMILES string of the molecule is CCC(=O)[C@@H]1NCC[C@H]1O. The predicted molar refractivity (Wildman–Crippen MR) is 37.7 cm³/mol. The number of hydrogen-bond donors (Lipinski definition) is 2. The van der Waals surface area contributed by atoms with E-state index in [1.807, 2.05) is 6.92 Å². The minimum atomic E-state index is -0.451. The number of aliphatic hydroxyl groups is 1. The van der Waals surface area contributed by atoms with E-state index in [4.69, 9.17) is 0 Å². The molecule has 0 bridgehead atoms. The number of carbonyl (C=O) groups excluding carboxylic acids is 1. The van der Waals surface area contributed by atoms with Crippen molar-refractivity contribution in [2.24, 2.45) is 0 Å². The smallest absolute Gasteiger partial charge is 0.152 e. The molecule has 0 aromatic carbocycles. The van der Waals surface area contributed by atoms with Crippen LogP contribution in [0.2, 0.25) is 0 Å². The molecule has 0 saturated carbocycles. The molecule has 1 rings (SSSR count). The van der Waals surface area contributed by atoms with Crippen LogP contribution in [-0.2, 0) is 4.79 Å². The Morgan fingerprint density at radius 2 is 2.50 bits per heavy atom. The summed E-state index contributed by atoms with van der Waals surface area (Å²) in [6, 6.07) is -0.287. The van der Waals surface area contributed by atoms with Crippen LogP contribution in [0.4, 0.5) is 0 Å². The van der Waals surface area contributed by atoms with Gasteiger partial charge in [-0.25, -0.2) is 0 Å². The van der Waals surface area contributed by atoms with Gasteiger partial charge in [-0.05, 0) is 13.0 Å². The third-order valence-corrected chi connectivity index (χ3v) is 1.88. The highest BCUT2D eigenvalue weighted by molar-refractivity contribution is 5.84. The van der Waals surface area contributed by atoms with Crippen molar-refractivity contribution in [1.29, 1.82) is 0 Å². The molecule has 1 fully saturated rings. The largest absolute Gasteiger partial charge is 0.391 e. The first kappa shape index (κ1) is 7.69. The minimum absolute atomic E-state index is 0.116. The van der Waals surface area contributed by atoms with Gasteiger partial charge in [0.1, 0.15) is 0 Å². The van der Waals surface area contributed by atoms with Gasteiger partial charge in [-0.15, -0.1) is 0 Å². The van der Waals surface area contributed by atoms with Gasteiger partial charge in [0.05, 0.1) is 12.1 Å². The molecule has 3 heteroatoms. The highest BCUT2D eigenvalue weighted by Crippen LogP contribution is 2.08. The summed E-state index contributed by atoms with van der Waals surface area (Å²) in [6.07, 6.45) is 0.762. The van der Waals surface area contributed by atoms with Gasteiger partial charge in [0.15, 0.2) is 5.78 Å². The lowest BCUT2D eigenvalue weighted by Gasteiger charge is -2.10. The zero-order valence-electron chi connectivity index (χ0n) is 6.13. The molecule has 58 valence electrons. The standard InChI is InChI=1S/C7H13NO2/c1-2-5(9)7-6(10)3-4-8-7/h6-8,10H,2-4H2,1H3/t6-,7+/m1/s1. The van der Waals surface area contributed by atoms with Crippen LogP contribution in [0.25, 0.3) is 0 Å². The van der Waals surface area contributed by atoms with Crippen molar-refractivity contribution >= 4 is 5.78 Å². The van der Waals surface area contributed by atoms with Crippen LogP contribution in [0.5, 0.6) is 0 Å². The van der Waals surface area contributed by atoms with Gasteiger partial charge in [0.25, 0.3) is 0 Å². The second kappa shape index (κ2) is 3.12. The number of ketones is 1. The molecule has 1 aliphatic heterocycles. The molecule has 0 aromatic heterocycles. The van der Waals surface area contributed by atoms with Crippen LogP contribution in [0.3, 0.4) is 0 Å². The molecule has 10 heavy (non-hydrogen) atoms. The highest BCUT2D eigenvalue weighted by atomic mass is 16.3. The maximum atomic E-state index is 11.0. The number of Topliss-reactive ketones (excluding diaryl/α,β-unsaturated/α-hetero) is 1. The van der Waals surface area contributed by atoms with Crippen molar-refractivity contribution in [3.05, 3.63) is 0 Å². The van der Waals surface area contributed by atoms with Crippen LogP contribution in [0.1, 0.15) is 19.8 Å². The quantitative estimate of drug-likeness (QED) is 0.557. The molecule has 1 aliphatic rings. The monoisotopic (exact) mass is 143 g/mol. The van der Waals surface area contributed by atoms with Crippen molar-refractivity contribution in [1.82, 2.24) is 5.32 Å². The average molecular weight is 143 g/mol. The van der Waals surface area contributed by atoms with Gasteiger partial charge in [-0.1, -0.05) is 6.92 Å². The summed E-state index contributed by atoms with van der Waals surface area (Å²) in [7, 11) is 0. The molecule has 0 unspecified atom stereocenters. The fraction of sp³-hybridized carbons (Fsp3) is 0.857. The second-order valence-corrected chi connectivity index (χ2v) is 2.61. The number of nitrogens with one attached hydrogen (secondary N) is 1. The van der Waals surface area contributed by atoms with Gasteiger partial charge in [-0.2, -0.15) is 0 Å². The van der Waals surface area contributed by atoms with Crippen molar-refractivity contribution in [2.75, 3.05) is 6.54 Å². The Balaban J connectivity index is 2.46.